The average molecular weight is 381 g/mol. The van der Waals surface area contributed by atoms with E-state index in [1.54, 1.807) is 18.2 Å². The molecule has 1 aromatic rings. The van der Waals surface area contributed by atoms with Crippen LogP contribution in [0.1, 0.15) is 50.5 Å². The maximum atomic E-state index is 13.7. The van der Waals surface area contributed by atoms with Crippen molar-refractivity contribution in [2.24, 2.45) is 10.9 Å². The summed E-state index contributed by atoms with van der Waals surface area (Å²) in [7, 11) is 0. The molecule has 8 heteroatoms. The van der Waals surface area contributed by atoms with Gasteiger partial charge in [-0.3, -0.25) is 9.59 Å². The molecule has 1 fully saturated rings. The number of hydrogen-bond donors (Lipinski definition) is 2. The topological polar surface area (TPSA) is 70.6 Å². The quantitative estimate of drug-likeness (QED) is 0.822. The van der Waals surface area contributed by atoms with Crippen LogP contribution >= 0.6 is 0 Å². The summed E-state index contributed by atoms with van der Waals surface area (Å²) in [5.74, 6) is -2.05. The molecule has 5 nitrogen and oxygen atoms in total. The minimum absolute atomic E-state index is 0.0496. The number of carbonyl (C=O) groups excluding carboxylic acids is 2. The minimum atomic E-state index is -5.05. The Bertz CT molecular complexity index is 727. The van der Waals surface area contributed by atoms with Gasteiger partial charge in [0.2, 0.25) is 5.91 Å². The first-order valence-corrected chi connectivity index (χ1v) is 9.16. The molecule has 0 saturated heterocycles. The minimum Gasteiger partial charge on any atom is -0.316 e. The fourth-order valence-corrected chi connectivity index (χ4v) is 3.60. The average Bonchev–Trinajstić information content (AvgIpc) is 2.99. The zero-order valence-corrected chi connectivity index (χ0v) is 14.8. The summed E-state index contributed by atoms with van der Waals surface area (Å²) in [6.45, 7) is 0. The molecule has 1 atom stereocenters. The third-order valence-electron chi connectivity index (χ3n) is 5.12. The zero-order chi connectivity index (χ0) is 19.5. The number of nitrogens with one attached hydrogen (secondary N) is 2. The Morgan fingerprint density at radius 1 is 1.19 bits per heavy atom. The van der Waals surface area contributed by atoms with E-state index in [0.717, 1.165) is 32.1 Å². The highest BCUT2D eigenvalue weighted by Crippen LogP contribution is 2.35. The van der Waals surface area contributed by atoms with E-state index in [0.29, 0.717) is 17.9 Å². The number of carbonyl (C=O) groups is 2. The van der Waals surface area contributed by atoms with E-state index in [-0.39, 0.29) is 12.3 Å². The molecular weight excluding hydrogens is 359 g/mol. The van der Waals surface area contributed by atoms with E-state index in [1.165, 1.54) is 12.1 Å². The number of alkyl halides is 3. The van der Waals surface area contributed by atoms with E-state index in [1.807, 2.05) is 5.32 Å². The van der Waals surface area contributed by atoms with Crippen molar-refractivity contribution in [2.45, 2.75) is 56.8 Å². The van der Waals surface area contributed by atoms with Crippen LogP contribution in [-0.2, 0) is 9.59 Å². The molecule has 0 bridgehead atoms. The van der Waals surface area contributed by atoms with E-state index < -0.39 is 23.7 Å². The summed E-state index contributed by atoms with van der Waals surface area (Å²) >= 11 is 0. The lowest BCUT2D eigenvalue weighted by Crippen LogP contribution is -2.63. The van der Waals surface area contributed by atoms with Gasteiger partial charge in [-0.05, 0) is 12.3 Å². The van der Waals surface area contributed by atoms with E-state index in [2.05, 4.69) is 10.3 Å². The lowest BCUT2D eigenvalue weighted by atomic mass is 9.86. The smallest absolute Gasteiger partial charge is 0.316 e. The molecule has 2 amide bonds. The first kappa shape index (κ1) is 19.4. The van der Waals surface area contributed by atoms with Crippen molar-refractivity contribution in [1.82, 2.24) is 10.6 Å². The highest BCUT2D eigenvalue weighted by Gasteiger charge is 2.65. The van der Waals surface area contributed by atoms with Crippen LogP contribution in [0.4, 0.5) is 13.2 Å². The standard InChI is InChI=1S/C19H22F3N3O2/c20-19(21,22)18(24-15(26)12-11-13-7-3-1-4-8-13)17(27)23-16(25-18)14-9-5-2-6-10-14/h2,5-6,9-10,13H,1,3-4,7-8,11-12H2,(H,24,26)(H,23,25,27)/t18-/m0/s1. The molecule has 1 aromatic carbocycles. The number of rotatable bonds is 5. The van der Waals surface area contributed by atoms with Gasteiger partial charge in [-0.25, -0.2) is 4.99 Å². The van der Waals surface area contributed by atoms with Gasteiger partial charge in [0.05, 0.1) is 0 Å². The van der Waals surface area contributed by atoms with E-state index in [4.69, 9.17) is 0 Å². The second kappa shape index (κ2) is 7.70. The molecule has 1 saturated carbocycles. The van der Waals surface area contributed by atoms with Crippen molar-refractivity contribution in [3.8, 4) is 0 Å². The van der Waals surface area contributed by atoms with Gasteiger partial charge in [-0.2, -0.15) is 13.2 Å². The van der Waals surface area contributed by atoms with Gasteiger partial charge in [0.15, 0.2) is 0 Å². The van der Waals surface area contributed by atoms with Crippen LogP contribution in [0.25, 0.3) is 0 Å². The summed E-state index contributed by atoms with van der Waals surface area (Å²) in [6.07, 6.45) is 0.758. The molecule has 146 valence electrons. The van der Waals surface area contributed by atoms with Gasteiger partial charge in [-0.1, -0.05) is 62.4 Å². The number of benzene rings is 1. The number of aliphatic imine (C=N–C) groups is 1. The fraction of sp³-hybridized carbons (Fsp3) is 0.526. The van der Waals surface area contributed by atoms with Gasteiger partial charge in [0.1, 0.15) is 5.84 Å². The third kappa shape index (κ3) is 4.14. The Kier molecular flexibility index (Phi) is 5.53. The molecular formula is C19H22F3N3O2. The van der Waals surface area contributed by atoms with Crippen molar-refractivity contribution in [1.29, 1.82) is 0 Å². The second-order valence-electron chi connectivity index (χ2n) is 7.08. The molecule has 1 aliphatic heterocycles. The fourth-order valence-electron chi connectivity index (χ4n) is 3.60. The van der Waals surface area contributed by atoms with Gasteiger partial charge < -0.3 is 10.6 Å². The Morgan fingerprint density at radius 3 is 2.48 bits per heavy atom. The Balaban J connectivity index is 1.76. The SMILES string of the molecule is O=C(CCC1CCCCC1)N[C@]1(C(F)(F)F)N=C(c2ccccc2)NC1=O. The molecule has 1 aliphatic carbocycles. The van der Waals surface area contributed by atoms with Gasteiger partial charge in [-0.15, -0.1) is 0 Å². The Morgan fingerprint density at radius 2 is 1.85 bits per heavy atom. The number of amides is 2. The van der Waals surface area contributed by atoms with Crippen LogP contribution < -0.4 is 10.6 Å². The summed E-state index contributed by atoms with van der Waals surface area (Å²) < 4.78 is 41.2. The first-order chi connectivity index (χ1) is 12.8. The number of amidine groups is 1. The molecule has 0 unspecified atom stereocenters. The summed E-state index contributed by atoms with van der Waals surface area (Å²) in [4.78, 5) is 28.0. The molecule has 0 spiro atoms. The predicted molar refractivity (Wildman–Crippen MR) is 93.9 cm³/mol. The van der Waals surface area contributed by atoms with E-state index in [9.17, 15) is 22.8 Å². The summed E-state index contributed by atoms with van der Waals surface area (Å²) in [5, 5.41) is 4.01. The van der Waals surface area contributed by atoms with Crippen molar-refractivity contribution >= 4 is 17.6 Å². The maximum absolute atomic E-state index is 13.7. The monoisotopic (exact) mass is 381 g/mol. The van der Waals surface area contributed by atoms with Gasteiger partial charge in [0, 0.05) is 12.0 Å². The van der Waals surface area contributed by atoms with Crippen molar-refractivity contribution < 1.29 is 22.8 Å². The molecule has 1 heterocycles. The highest BCUT2D eigenvalue weighted by atomic mass is 19.4. The van der Waals surface area contributed by atoms with Crippen LogP contribution in [0.5, 0.6) is 0 Å². The Labute approximate surface area is 155 Å². The van der Waals surface area contributed by atoms with Crippen molar-refractivity contribution in [3.63, 3.8) is 0 Å². The van der Waals surface area contributed by atoms with Crippen molar-refractivity contribution in [3.05, 3.63) is 35.9 Å². The first-order valence-electron chi connectivity index (χ1n) is 9.16. The summed E-state index contributed by atoms with van der Waals surface area (Å²) in [6, 6.07) is 8.03. The molecule has 27 heavy (non-hydrogen) atoms. The van der Waals surface area contributed by atoms with E-state index >= 15 is 0 Å². The zero-order valence-electron chi connectivity index (χ0n) is 14.8. The molecule has 0 aromatic heterocycles. The number of halogens is 3. The summed E-state index contributed by atoms with van der Waals surface area (Å²) in [5.41, 5.74) is -2.93. The van der Waals surface area contributed by atoms with Crippen LogP contribution in [0, 0.1) is 5.92 Å². The van der Waals surface area contributed by atoms with Crippen LogP contribution in [0.15, 0.2) is 35.3 Å². The third-order valence-corrected chi connectivity index (χ3v) is 5.12. The normalized spacial score (nSPS) is 23.7. The largest absolute Gasteiger partial charge is 0.442 e. The van der Waals surface area contributed by atoms with Crippen LogP contribution in [0.2, 0.25) is 0 Å². The molecule has 2 N–H and O–H groups in total. The predicted octanol–water partition coefficient (Wildman–Crippen LogP) is 3.30. The lowest BCUT2D eigenvalue weighted by molar-refractivity contribution is -0.197. The van der Waals surface area contributed by atoms with Crippen LogP contribution in [-0.4, -0.2) is 29.5 Å². The Hall–Kier alpha value is -2.38. The number of hydrogen-bond acceptors (Lipinski definition) is 3. The van der Waals surface area contributed by atoms with Crippen LogP contribution in [0.3, 0.4) is 0 Å². The molecule has 0 radical (unpaired) electrons. The molecule has 3 rings (SSSR count). The van der Waals surface area contributed by atoms with Crippen molar-refractivity contribution in [2.75, 3.05) is 0 Å². The molecule has 2 aliphatic rings. The van der Waals surface area contributed by atoms with Gasteiger partial charge in [0.25, 0.3) is 5.91 Å². The number of nitrogens with zero attached hydrogens (tertiary/aromatic N) is 1. The van der Waals surface area contributed by atoms with Gasteiger partial charge >= 0.3 is 11.8 Å². The second-order valence-corrected chi connectivity index (χ2v) is 7.08. The highest BCUT2D eigenvalue weighted by molar-refractivity contribution is 6.16. The lowest BCUT2D eigenvalue weighted by Gasteiger charge is -2.27. The maximum Gasteiger partial charge on any atom is 0.442 e.